The van der Waals surface area contributed by atoms with E-state index in [0.717, 1.165) is 106 Å². The van der Waals surface area contributed by atoms with Crippen LogP contribution < -0.4 is 5.19 Å². The van der Waals surface area contributed by atoms with Crippen molar-refractivity contribution in [2.75, 3.05) is 0 Å². The van der Waals surface area contributed by atoms with Crippen LogP contribution in [-0.4, -0.2) is 36.8 Å². The molecule has 4 heterocycles. The van der Waals surface area contributed by atoms with Crippen LogP contribution in [0.15, 0.2) is 200 Å². The summed E-state index contributed by atoms with van der Waals surface area (Å²) in [4.78, 5) is 11.1. The van der Waals surface area contributed by atoms with E-state index in [1.54, 1.807) is 0 Å². The fraction of sp³-hybridized carbons (Fsp3) is 0.200. The first-order valence-corrected chi connectivity index (χ1v) is 32.3. The number of imidazole rings is 1. The predicted octanol–water partition coefficient (Wildman–Crippen LogP) is 19.2. The van der Waals surface area contributed by atoms with Crippen LogP contribution in [0.4, 0.5) is 0 Å². The number of pyridine rings is 1. The molecule has 13 rings (SSSR count). The number of hydrogen-bond acceptors (Lipinski definition) is 3. The third-order valence-electron chi connectivity index (χ3n) is 16.7. The molecule has 13 aromatic rings. The van der Waals surface area contributed by atoms with Crippen LogP contribution in [0.3, 0.4) is 0 Å². The van der Waals surface area contributed by atoms with E-state index in [4.69, 9.17) is 9.97 Å². The van der Waals surface area contributed by atoms with Crippen molar-refractivity contribution in [1.82, 2.24) is 23.7 Å². The summed E-state index contributed by atoms with van der Waals surface area (Å²) in [5.41, 5.74) is 18.5. The van der Waals surface area contributed by atoms with Gasteiger partial charge in [-0.05, 0) is 94.1 Å². The summed E-state index contributed by atoms with van der Waals surface area (Å²) in [7, 11) is -1.76. The Hall–Kier alpha value is -8.09. The number of rotatable bonds is 8. The molecule has 4 aromatic heterocycles. The Labute approximate surface area is 503 Å². The summed E-state index contributed by atoms with van der Waals surface area (Å²) in [6.07, 6.45) is 1.96. The maximum absolute atomic E-state index is 12.8. The van der Waals surface area contributed by atoms with Gasteiger partial charge in [-0.1, -0.05) is 214 Å². The van der Waals surface area contributed by atoms with E-state index in [1.807, 2.05) is 6.20 Å². The summed E-state index contributed by atoms with van der Waals surface area (Å²) in [6, 6.07) is 74.4. The Morgan fingerprint density at radius 3 is 1.75 bits per heavy atom. The summed E-state index contributed by atoms with van der Waals surface area (Å²) < 4.78 is 7.09. The smallest absolute Gasteiger partial charge is 0.148 e. The number of fused-ring (bicyclic) bond motifs is 7. The number of nitrogens with zero attached hydrogens (tertiary/aromatic N) is 5. The monoisotopic (exact) mass is 1280 g/mol. The maximum Gasteiger partial charge on any atom is 0.148 e. The second kappa shape index (κ2) is 20.4. The second-order valence-corrected chi connectivity index (χ2v) is 31.5. The van der Waals surface area contributed by atoms with Gasteiger partial charge in [-0.3, -0.25) is 9.55 Å². The molecule has 9 aromatic carbocycles. The standard InChI is InChI=1S/C75H70N5OSi.Pt/c1-73(2,3)50-41-48(40-49(42-50)69-68-57-29-20-22-32-63(57)79(66(68)38-39-76-69)53-34-36-65-59(45-53)56-28-19-21-31-62(56)78(65)52-26-17-14-18-27-52)55-30-23-33-67-70(55)77-72(60-43-51(74(4,5)6)44-61(71(60)81)75(7,8)9)80(67)64-37-35-54(82(10,11)12)46-58(64)47-24-15-13-16-25-47;/h13-39,41-46,81H,1-12H3;/q-1;. The molecule has 0 amide bonds. The first kappa shape index (κ1) is 55.4. The van der Waals surface area contributed by atoms with Crippen molar-refractivity contribution in [1.29, 1.82) is 0 Å². The molecule has 0 unspecified atom stereocenters. The van der Waals surface area contributed by atoms with Gasteiger partial charge in [-0.15, -0.1) is 29.3 Å². The molecule has 0 bridgehead atoms. The first-order valence-electron chi connectivity index (χ1n) is 28.8. The number of aromatic nitrogens is 5. The minimum atomic E-state index is -1.76. The molecule has 0 saturated heterocycles. The zero-order valence-corrected chi connectivity index (χ0v) is 52.8. The van der Waals surface area contributed by atoms with E-state index >= 15 is 0 Å². The average molecular weight is 1280 g/mol. The van der Waals surface area contributed by atoms with Gasteiger partial charge in [-0.2, -0.15) is 0 Å². The molecule has 83 heavy (non-hydrogen) atoms. The van der Waals surface area contributed by atoms with Crippen molar-refractivity contribution >= 4 is 67.9 Å². The summed E-state index contributed by atoms with van der Waals surface area (Å²) in [5.74, 6) is 0.933. The Bertz CT molecular complexity index is 4670. The van der Waals surface area contributed by atoms with E-state index < -0.39 is 8.07 Å². The number of phenols is 1. The summed E-state index contributed by atoms with van der Waals surface area (Å²) in [5, 5.41) is 18.7. The molecule has 6 nitrogen and oxygen atoms in total. The molecular formula is C75H70N5OPtSi-. The third-order valence-corrected chi connectivity index (χ3v) is 18.7. The zero-order valence-electron chi connectivity index (χ0n) is 49.6. The van der Waals surface area contributed by atoms with Crippen molar-refractivity contribution < 1.29 is 26.2 Å². The quantitative estimate of drug-likeness (QED) is 0.122. The molecular weight excluding hydrogens is 1210 g/mol. The van der Waals surface area contributed by atoms with Crippen LogP contribution in [0.25, 0.3) is 117 Å². The molecule has 416 valence electrons. The zero-order chi connectivity index (χ0) is 57.2. The van der Waals surface area contributed by atoms with E-state index in [-0.39, 0.29) is 43.1 Å². The largest absolute Gasteiger partial charge is 0.507 e. The van der Waals surface area contributed by atoms with Crippen LogP contribution in [0.5, 0.6) is 5.75 Å². The molecule has 8 heteroatoms. The molecule has 0 spiro atoms. The second-order valence-electron chi connectivity index (χ2n) is 26.5. The molecule has 0 aliphatic rings. The topological polar surface area (TPSA) is 60.8 Å². The van der Waals surface area contributed by atoms with E-state index in [1.165, 1.54) is 21.5 Å². The Morgan fingerprint density at radius 2 is 1.06 bits per heavy atom. The van der Waals surface area contributed by atoms with Gasteiger partial charge in [0.15, 0.2) is 0 Å². The Balaban J connectivity index is 0.00000680. The minimum Gasteiger partial charge on any atom is -0.507 e. The summed E-state index contributed by atoms with van der Waals surface area (Å²) in [6.45, 7) is 27.3. The Morgan fingerprint density at radius 1 is 0.458 bits per heavy atom. The normalized spacial score (nSPS) is 12.5. The van der Waals surface area contributed by atoms with Gasteiger partial charge in [-0.25, -0.2) is 4.98 Å². The average Bonchev–Trinajstić information content (AvgIpc) is 2.16. The van der Waals surface area contributed by atoms with Crippen molar-refractivity contribution in [3.05, 3.63) is 223 Å². The van der Waals surface area contributed by atoms with Crippen LogP contribution in [0.2, 0.25) is 19.6 Å². The first-order chi connectivity index (χ1) is 39.1. The molecule has 0 saturated carbocycles. The van der Waals surface area contributed by atoms with Crippen LogP contribution >= 0.6 is 0 Å². The molecule has 0 fully saturated rings. The number of aromatic hydroxyl groups is 1. The fourth-order valence-corrected chi connectivity index (χ4v) is 13.4. The SMILES string of the molecule is CC(C)(C)c1cc(-c2cccc3c2nc(-c2cc(C(C)(C)C)cc(C(C)(C)C)c2O)n3-c2ccc([Si](C)(C)C)cc2-c2ccccc2)[c-]c(-c2nccc3c2c2ccccc2n3-c2ccc3c(c2)c2ccccc2n3-c2ccccc2)c1.[Pt]. The fourth-order valence-electron chi connectivity index (χ4n) is 12.2. The van der Waals surface area contributed by atoms with Gasteiger partial charge in [0.05, 0.1) is 52.4 Å². The van der Waals surface area contributed by atoms with Gasteiger partial charge >= 0.3 is 0 Å². The Kier molecular flexibility index (Phi) is 13.6. The van der Waals surface area contributed by atoms with Gasteiger partial charge in [0.2, 0.25) is 0 Å². The third kappa shape index (κ3) is 9.56. The number of para-hydroxylation sites is 4. The predicted molar refractivity (Wildman–Crippen MR) is 349 cm³/mol. The van der Waals surface area contributed by atoms with Gasteiger partial charge in [0, 0.05) is 77.0 Å². The van der Waals surface area contributed by atoms with Crippen LogP contribution in [0.1, 0.15) is 79.0 Å². The maximum atomic E-state index is 12.8. The summed E-state index contributed by atoms with van der Waals surface area (Å²) >= 11 is 0. The number of phenolic OH excluding ortho intramolecular Hbond substituents is 1. The molecule has 0 aliphatic heterocycles. The number of hydrogen-bond donors (Lipinski definition) is 1. The van der Waals surface area contributed by atoms with E-state index in [2.05, 4.69) is 296 Å². The van der Waals surface area contributed by atoms with Crippen molar-refractivity contribution in [2.24, 2.45) is 0 Å². The molecule has 1 N–H and O–H groups in total. The molecule has 0 atom stereocenters. The minimum absolute atomic E-state index is 0. The van der Waals surface area contributed by atoms with Gasteiger partial charge in [0.25, 0.3) is 0 Å². The van der Waals surface area contributed by atoms with E-state index in [9.17, 15) is 5.11 Å². The van der Waals surface area contributed by atoms with Crippen molar-refractivity contribution in [3.63, 3.8) is 0 Å². The van der Waals surface area contributed by atoms with E-state index in [0.29, 0.717) is 11.4 Å². The van der Waals surface area contributed by atoms with Crippen LogP contribution in [-0.2, 0) is 37.3 Å². The van der Waals surface area contributed by atoms with Crippen LogP contribution in [0, 0.1) is 6.07 Å². The van der Waals surface area contributed by atoms with Crippen molar-refractivity contribution in [3.8, 4) is 67.7 Å². The van der Waals surface area contributed by atoms with Gasteiger partial charge < -0.3 is 14.2 Å². The number of benzene rings is 9. The van der Waals surface area contributed by atoms with Gasteiger partial charge in [0.1, 0.15) is 11.6 Å². The van der Waals surface area contributed by atoms with Crippen molar-refractivity contribution in [2.45, 2.75) is 98.2 Å². The molecule has 0 radical (unpaired) electrons. The molecule has 0 aliphatic carbocycles.